The zero-order valence-electron chi connectivity index (χ0n) is 4.76. The summed E-state index contributed by atoms with van der Waals surface area (Å²) in [6, 6.07) is 0. The zero-order chi connectivity index (χ0) is 6.57. The minimum Gasteiger partial charge on any atom is -0.359 e. The monoisotopic (exact) mass is 115 g/mol. The van der Waals surface area contributed by atoms with Gasteiger partial charge in [0, 0.05) is 7.11 Å². The summed E-state index contributed by atoms with van der Waals surface area (Å²) in [4.78, 5) is 10.4. The smallest absolute Gasteiger partial charge is 0.198 e. The Morgan fingerprint density at radius 3 is 2.62 bits per heavy atom. The molecule has 0 amide bonds. The lowest BCUT2D eigenvalue weighted by atomic mass is 10.3. The van der Waals surface area contributed by atoms with Crippen LogP contribution in [0.5, 0.6) is 0 Å². The number of carbonyl (C=O) groups excluding carboxylic acids is 1. The number of nitrogens with two attached hydrogens (primary N) is 1. The summed E-state index contributed by atoms with van der Waals surface area (Å²) in [5.41, 5.74) is 5.08. The van der Waals surface area contributed by atoms with E-state index in [1.54, 1.807) is 0 Å². The summed E-state index contributed by atoms with van der Waals surface area (Å²) < 4.78 is 4.46. The van der Waals surface area contributed by atoms with E-state index in [0.29, 0.717) is 0 Å². The highest BCUT2D eigenvalue weighted by atomic mass is 16.5. The van der Waals surface area contributed by atoms with Crippen LogP contribution in [0.1, 0.15) is 0 Å². The highest BCUT2D eigenvalue weighted by Gasteiger charge is 2.05. The molecule has 2 N–H and O–H groups in total. The summed E-state index contributed by atoms with van der Waals surface area (Å²) in [6.45, 7) is 3.22. The molecule has 0 aliphatic heterocycles. The number of ketones is 1. The van der Waals surface area contributed by atoms with Crippen molar-refractivity contribution in [2.45, 2.75) is 6.23 Å². The molecule has 1 unspecified atom stereocenters. The van der Waals surface area contributed by atoms with Crippen molar-refractivity contribution in [3.05, 3.63) is 12.7 Å². The van der Waals surface area contributed by atoms with Gasteiger partial charge in [-0.15, -0.1) is 0 Å². The summed E-state index contributed by atoms with van der Waals surface area (Å²) in [6.07, 6.45) is 0.293. The van der Waals surface area contributed by atoms with Gasteiger partial charge in [0.1, 0.15) is 0 Å². The van der Waals surface area contributed by atoms with Gasteiger partial charge in [0.05, 0.1) is 0 Å². The third-order valence-corrected chi connectivity index (χ3v) is 0.736. The molecule has 0 aromatic heterocycles. The van der Waals surface area contributed by atoms with Crippen molar-refractivity contribution in [1.29, 1.82) is 0 Å². The molecule has 3 heteroatoms. The second-order valence-corrected chi connectivity index (χ2v) is 1.26. The van der Waals surface area contributed by atoms with Crippen LogP contribution in [-0.4, -0.2) is 19.1 Å². The quantitative estimate of drug-likeness (QED) is 0.405. The Bertz CT molecular complexity index is 101. The van der Waals surface area contributed by atoms with Crippen molar-refractivity contribution in [3.8, 4) is 0 Å². The summed E-state index contributed by atoms with van der Waals surface area (Å²) in [7, 11) is 1.37. The van der Waals surface area contributed by atoms with Gasteiger partial charge in [0.25, 0.3) is 0 Å². The molecule has 8 heavy (non-hydrogen) atoms. The topological polar surface area (TPSA) is 52.3 Å². The largest absolute Gasteiger partial charge is 0.359 e. The third kappa shape index (κ3) is 1.86. The second-order valence-electron chi connectivity index (χ2n) is 1.26. The maximum atomic E-state index is 10.4. The van der Waals surface area contributed by atoms with Crippen LogP contribution in [0.3, 0.4) is 0 Å². The summed E-state index contributed by atoms with van der Waals surface area (Å²) in [5.74, 6) is -0.299. The van der Waals surface area contributed by atoms with Crippen molar-refractivity contribution >= 4 is 5.78 Å². The third-order valence-electron chi connectivity index (χ3n) is 0.736. The standard InChI is InChI=1S/C5H9NO2/c1-3-4(7)5(6)8-2/h3,5H,1,6H2,2H3. The number of methoxy groups -OCH3 is 1. The second kappa shape index (κ2) is 3.35. The molecule has 0 spiro atoms. The van der Waals surface area contributed by atoms with Gasteiger partial charge in [-0.2, -0.15) is 0 Å². The van der Waals surface area contributed by atoms with Crippen LogP contribution in [0.15, 0.2) is 12.7 Å². The average Bonchev–Trinajstić information content (AvgIpc) is 1.84. The lowest BCUT2D eigenvalue weighted by Gasteiger charge is -2.01. The van der Waals surface area contributed by atoms with Gasteiger partial charge in [-0.3, -0.25) is 10.5 Å². The van der Waals surface area contributed by atoms with Crippen LogP contribution < -0.4 is 5.73 Å². The van der Waals surface area contributed by atoms with Gasteiger partial charge in [-0.25, -0.2) is 0 Å². The molecule has 0 saturated heterocycles. The molecule has 46 valence electrons. The first-order chi connectivity index (χ1) is 3.72. The van der Waals surface area contributed by atoms with Gasteiger partial charge in [0.15, 0.2) is 12.0 Å². The maximum absolute atomic E-state index is 10.4. The molecule has 3 nitrogen and oxygen atoms in total. The Hall–Kier alpha value is -0.670. The molecular formula is C5H9NO2. The van der Waals surface area contributed by atoms with Gasteiger partial charge in [-0.1, -0.05) is 6.58 Å². The van der Waals surface area contributed by atoms with E-state index >= 15 is 0 Å². The van der Waals surface area contributed by atoms with E-state index in [1.807, 2.05) is 0 Å². The molecular weight excluding hydrogens is 106 g/mol. The number of rotatable bonds is 3. The number of ether oxygens (including phenoxy) is 1. The first-order valence-electron chi connectivity index (χ1n) is 2.17. The fourth-order valence-corrected chi connectivity index (χ4v) is 0.232. The predicted molar refractivity (Wildman–Crippen MR) is 30.2 cm³/mol. The van der Waals surface area contributed by atoms with Crippen molar-refractivity contribution in [2.24, 2.45) is 5.73 Å². The normalized spacial score (nSPS) is 12.8. The van der Waals surface area contributed by atoms with Gasteiger partial charge < -0.3 is 4.74 Å². The van der Waals surface area contributed by atoms with Crippen LogP contribution in [0.2, 0.25) is 0 Å². The van der Waals surface area contributed by atoms with E-state index in [-0.39, 0.29) is 5.78 Å². The maximum Gasteiger partial charge on any atom is 0.198 e. The molecule has 0 bridgehead atoms. The number of hydrogen-bond donors (Lipinski definition) is 1. The SMILES string of the molecule is C=CC(=O)C(N)OC. The lowest BCUT2D eigenvalue weighted by molar-refractivity contribution is -0.123. The van der Waals surface area contributed by atoms with E-state index in [4.69, 9.17) is 5.73 Å². The van der Waals surface area contributed by atoms with Crippen LogP contribution in [0.25, 0.3) is 0 Å². The molecule has 0 aliphatic carbocycles. The zero-order valence-corrected chi connectivity index (χ0v) is 4.76. The first kappa shape index (κ1) is 7.33. The molecule has 0 rings (SSSR count). The molecule has 0 heterocycles. The summed E-state index contributed by atoms with van der Waals surface area (Å²) in [5, 5.41) is 0. The number of carbonyl (C=O) groups is 1. The van der Waals surface area contributed by atoms with Gasteiger partial charge in [0.2, 0.25) is 0 Å². The van der Waals surface area contributed by atoms with Gasteiger partial charge >= 0.3 is 0 Å². The minimum absolute atomic E-state index is 0.299. The first-order valence-corrected chi connectivity index (χ1v) is 2.17. The number of hydrogen-bond acceptors (Lipinski definition) is 3. The molecule has 0 fully saturated rings. The fraction of sp³-hybridized carbons (Fsp3) is 0.400. The molecule has 0 saturated carbocycles. The Morgan fingerprint density at radius 2 is 2.50 bits per heavy atom. The predicted octanol–water partition coefficient (Wildman–Crippen LogP) is -0.327. The molecule has 0 aromatic carbocycles. The Morgan fingerprint density at radius 1 is 2.00 bits per heavy atom. The Balaban J connectivity index is 3.62. The van der Waals surface area contributed by atoms with Crippen LogP contribution in [0.4, 0.5) is 0 Å². The van der Waals surface area contributed by atoms with Crippen LogP contribution in [-0.2, 0) is 9.53 Å². The van der Waals surface area contributed by atoms with Gasteiger partial charge in [-0.05, 0) is 6.08 Å². The van der Waals surface area contributed by atoms with Crippen molar-refractivity contribution in [3.63, 3.8) is 0 Å². The molecule has 0 aromatic rings. The average molecular weight is 115 g/mol. The van der Waals surface area contributed by atoms with E-state index in [1.165, 1.54) is 7.11 Å². The highest BCUT2D eigenvalue weighted by molar-refractivity contribution is 5.92. The fourth-order valence-electron chi connectivity index (χ4n) is 0.232. The summed E-state index contributed by atoms with van der Waals surface area (Å²) >= 11 is 0. The van der Waals surface area contributed by atoms with Crippen molar-refractivity contribution < 1.29 is 9.53 Å². The van der Waals surface area contributed by atoms with E-state index in [0.717, 1.165) is 6.08 Å². The van der Waals surface area contributed by atoms with E-state index in [2.05, 4.69) is 11.3 Å². The van der Waals surface area contributed by atoms with Crippen LogP contribution in [0, 0.1) is 0 Å². The lowest BCUT2D eigenvalue weighted by Crippen LogP contribution is -2.30. The molecule has 0 aliphatic rings. The Labute approximate surface area is 48.1 Å². The molecule has 1 atom stereocenters. The van der Waals surface area contributed by atoms with Crippen molar-refractivity contribution in [2.75, 3.05) is 7.11 Å². The minimum atomic E-state index is -0.840. The Kier molecular flexibility index (Phi) is 3.07. The van der Waals surface area contributed by atoms with E-state index in [9.17, 15) is 4.79 Å². The van der Waals surface area contributed by atoms with Crippen LogP contribution >= 0.6 is 0 Å². The molecule has 0 radical (unpaired) electrons. The van der Waals surface area contributed by atoms with E-state index < -0.39 is 6.23 Å². The highest BCUT2D eigenvalue weighted by Crippen LogP contribution is 1.81. The van der Waals surface area contributed by atoms with Crippen molar-refractivity contribution in [1.82, 2.24) is 0 Å².